The van der Waals surface area contributed by atoms with E-state index in [9.17, 15) is 4.79 Å². The third-order valence-corrected chi connectivity index (χ3v) is 4.67. The van der Waals surface area contributed by atoms with Crippen LogP contribution in [0.3, 0.4) is 0 Å². The summed E-state index contributed by atoms with van der Waals surface area (Å²) in [5.41, 5.74) is 1.99. The SMILES string of the molecule is Cc1ccccc1NC(=O)N1CCC(Cn2ccnc2C)CC1. The number of urea groups is 1. The Morgan fingerprint density at radius 1 is 1.26 bits per heavy atom. The van der Waals surface area contributed by atoms with Gasteiger partial charge in [0.1, 0.15) is 5.82 Å². The van der Waals surface area contributed by atoms with Crippen LogP contribution in [-0.4, -0.2) is 33.6 Å². The highest BCUT2D eigenvalue weighted by molar-refractivity contribution is 5.90. The molecule has 5 heteroatoms. The molecule has 1 fully saturated rings. The van der Waals surface area contributed by atoms with Gasteiger partial charge in [-0.3, -0.25) is 0 Å². The lowest BCUT2D eigenvalue weighted by atomic mass is 9.97. The van der Waals surface area contributed by atoms with E-state index in [0.717, 1.165) is 49.6 Å². The number of aromatic nitrogens is 2. The van der Waals surface area contributed by atoms with Crippen LogP contribution < -0.4 is 5.32 Å². The molecule has 2 amide bonds. The summed E-state index contributed by atoms with van der Waals surface area (Å²) < 4.78 is 2.20. The lowest BCUT2D eigenvalue weighted by molar-refractivity contribution is 0.176. The highest BCUT2D eigenvalue weighted by atomic mass is 16.2. The van der Waals surface area contributed by atoms with E-state index < -0.39 is 0 Å². The number of hydrogen-bond acceptors (Lipinski definition) is 2. The van der Waals surface area contributed by atoms with Crippen LogP contribution in [0.4, 0.5) is 10.5 Å². The van der Waals surface area contributed by atoms with Crippen molar-refractivity contribution in [1.82, 2.24) is 14.5 Å². The molecule has 1 aliphatic rings. The van der Waals surface area contributed by atoms with Crippen LogP contribution in [0.5, 0.6) is 0 Å². The molecule has 3 rings (SSSR count). The van der Waals surface area contributed by atoms with Crippen molar-refractivity contribution in [2.24, 2.45) is 5.92 Å². The first-order chi connectivity index (χ1) is 11.1. The number of nitrogens with zero attached hydrogens (tertiary/aromatic N) is 3. The van der Waals surface area contributed by atoms with E-state index in [4.69, 9.17) is 0 Å². The van der Waals surface area contributed by atoms with Gasteiger partial charge >= 0.3 is 6.03 Å². The van der Waals surface area contributed by atoms with E-state index >= 15 is 0 Å². The molecule has 1 N–H and O–H groups in total. The molecule has 2 heterocycles. The van der Waals surface area contributed by atoms with Crippen LogP contribution in [0, 0.1) is 19.8 Å². The zero-order chi connectivity index (χ0) is 16.2. The number of carbonyl (C=O) groups excluding carboxylic acids is 1. The summed E-state index contributed by atoms with van der Waals surface area (Å²) in [6, 6.07) is 7.89. The average Bonchev–Trinajstić information content (AvgIpc) is 2.95. The number of hydrogen-bond donors (Lipinski definition) is 1. The zero-order valence-corrected chi connectivity index (χ0v) is 13.8. The maximum absolute atomic E-state index is 12.4. The molecule has 1 aromatic heterocycles. The number of piperidine rings is 1. The monoisotopic (exact) mass is 312 g/mol. The predicted octanol–water partition coefficient (Wildman–Crippen LogP) is 3.44. The van der Waals surface area contributed by atoms with E-state index in [2.05, 4.69) is 14.9 Å². The Balaban J connectivity index is 1.51. The van der Waals surface area contributed by atoms with Gasteiger partial charge in [0.05, 0.1) is 0 Å². The number of imidazole rings is 1. The van der Waals surface area contributed by atoms with Crippen molar-refractivity contribution >= 4 is 11.7 Å². The molecule has 0 unspecified atom stereocenters. The Morgan fingerprint density at radius 2 is 2.00 bits per heavy atom. The van der Waals surface area contributed by atoms with Gasteiger partial charge in [0.2, 0.25) is 0 Å². The summed E-state index contributed by atoms with van der Waals surface area (Å²) in [5.74, 6) is 1.68. The van der Waals surface area contributed by atoms with Gasteiger partial charge < -0.3 is 14.8 Å². The molecule has 0 atom stereocenters. The number of nitrogens with one attached hydrogen (secondary N) is 1. The van der Waals surface area contributed by atoms with Crippen LogP contribution in [0.15, 0.2) is 36.7 Å². The van der Waals surface area contributed by atoms with Crippen LogP contribution >= 0.6 is 0 Å². The van der Waals surface area contributed by atoms with Crippen molar-refractivity contribution in [2.45, 2.75) is 33.2 Å². The van der Waals surface area contributed by atoms with E-state index in [-0.39, 0.29) is 6.03 Å². The van der Waals surface area contributed by atoms with Crippen molar-refractivity contribution in [2.75, 3.05) is 18.4 Å². The first-order valence-corrected chi connectivity index (χ1v) is 8.23. The molecule has 1 aromatic carbocycles. The quantitative estimate of drug-likeness (QED) is 0.944. The lowest BCUT2D eigenvalue weighted by Crippen LogP contribution is -2.41. The number of para-hydroxylation sites is 1. The summed E-state index contributed by atoms with van der Waals surface area (Å²) in [5, 5.41) is 3.02. The first kappa shape index (κ1) is 15.6. The van der Waals surface area contributed by atoms with Crippen LogP contribution in [0.2, 0.25) is 0 Å². The molecular formula is C18H24N4O. The maximum atomic E-state index is 12.4. The minimum atomic E-state index is 0.0107. The smallest absolute Gasteiger partial charge is 0.321 e. The highest BCUT2D eigenvalue weighted by Gasteiger charge is 2.23. The van der Waals surface area contributed by atoms with Crippen molar-refractivity contribution < 1.29 is 4.79 Å². The summed E-state index contributed by atoms with van der Waals surface area (Å²) in [6.45, 7) is 6.67. The summed E-state index contributed by atoms with van der Waals surface area (Å²) >= 11 is 0. The molecule has 0 saturated carbocycles. The molecule has 0 spiro atoms. The number of rotatable bonds is 3. The van der Waals surface area contributed by atoms with Crippen LogP contribution in [0.1, 0.15) is 24.2 Å². The average molecular weight is 312 g/mol. The zero-order valence-electron chi connectivity index (χ0n) is 13.8. The fourth-order valence-electron chi connectivity index (χ4n) is 3.10. The number of benzene rings is 1. The molecule has 122 valence electrons. The normalized spacial score (nSPS) is 15.7. The number of aryl methyl sites for hydroxylation is 2. The number of carbonyl (C=O) groups is 1. The molecular weight excluding hydrogens is 288 g/mol. The molecule has 0 aliphatic carbocycles. The predicted molar refractivity (Wildman–Crippen MR) is 91.5 cm³/mol. The fourth-order valence-corrected chi connectivity index (χ4v) is 3.10. The lowest BCUT2D eigenvalue weighted by Gasteiger charge is -2.32. The highest BCUT2D eigenvalue weighted by Crippen LogP contribution is 2.21. The molecule has 1 saturated heterocycles. The molecule has 0 bridgehead atoms. The number of anilines is 1. The van der Waals surface area contributed by atoms with E-state index in [1.54, 1.807) is 0 Å². The second-order valence-electron chi connectivity index (χ2n) is 6.30. The van der Waals surface area contributed by atoms with Gasteiger partial charge in [-0.25, -0.2) is 9.78 Å². The summed E-state index contributed by atoms with van der Waals surface area (Å²) in [7, 11) is 0. The van der Waals surface area contributed by atoms with Gasteiger partial charge in [-0.15, -0.1) is 0 Å². The Hall–Kier alpha value is -2.30. The number of amides is 2. The fraction of sp³-hybridized carbons (Fsp3) is 0.444. The first-order valence-electron chi connectivity index (χ1n) is 8.23. The second kappa shape index (κ2) is 6.86. The van der Waals surface area contributed by atoms with Gasteiger partial charge in [0.25, 0.3) is 0 Å². The second-order valence-corrected chi connectivity index (χ2v) is 6.30. The largest absolute Gasteiger partial charge is 0.335 e. The standard InChI is InChI=1S/C18H24N4O/c1-14-5-3-4-6-17(14)20-18(23)21-10-7-16(8-11-21)13-22-12-9-19-15(22)2/h3-6,9,12,16H,7-8,10-11,13H2,1-2H3,(H,20,23). The number of likely N-dealkylation sites (tertiary alicyclic amines) is 1. The van der Waals surface area contributed by atoms with Crippen LogP contribution in [-0.2, 0) is 6.54 Å². The molecule has 23 heavy (non-hydrogen) atoms. The third kappa shape index (κ3) is 3.73. The Kier molecular flexibility index (Phi) is 4.65. The van der Waals surface area contributed by atoms with Crippen LogP contribution in [0.25, 0.3) is 0 Å². The Labute approximate surface area is 137 Å². The maximum Gasteiger partial charge on any atom is 0.321 e. The van der Waals surface area contributed by atoms with Gasteiger partial charge in [-0.05, 0) is 44.2 Å². The van der Waals surface area contributed by atoms with E-state index in [1.807, 2.05) is 55.4 Å². The van der Waals surface area contributed by atoms with Gasteiger partial charge in [0, 0.05) is 37.7 Å². The Bertz CT molecular complexity index is 671. The van der Waals surface area contributed by atoms with Gasteiger partial charge in [0.15, 0.2) is 0 Å². The van der Waals surface area contributed by atoms with Gasteiger partial charge in [-0.1, -0.05) is 18.2 Å². The Morgan fingerprint density at radius 3 is 2.65 bits per heavy atom. The molecule has 0 radical (unpaired) electrons. The molecule has 1 aliphatic heterocycles. The topological polar surface area (TPSA) is 50.2 Å². The summed E-state index contributed by atoms with van der Waals surface area (Å²) in [6.07, 6.45) is 5.96. The van der Waals surface area contributed by atoms with Crippen molar-refractivity contribution in [3.05, 3.63) is 48.0 Å². The third-order valence-electron chi connectivity index (χ3n) is 4.67. The summed E-state index contributed by atoms with van der Waals surface area (Å²) in [4.78, 5) is 18.6. The minimum absolute atomic E-state index is 0.0107. The van der Waals surface area contributed by atoms with Crippen molar-refractivity contribution in [3.8, 4) is 0 Å². The van der Waals surface area contributed by atoms with E-state index in [1.165, 1.54) is 0 Å². The van der Waals surface area contributed by atoms with Crippen molar-refractivity contribution in [1.29, 1.82) is 0 Å². The molecule has 2 aromatic rings. The van der Waals surface area contributed by atoms with Crippen molar-refractivity contribution in [3.63, 3.8) is 0 Å². The van der Waals surface area contributed by atoms with Gasteiger partial charge in [-0.2, -0.15) is 0 Å². The van der Waals surface area contributed by atoms with E-state index in [0.29, 0.717) is 5.92 Å². The molecule has 5 nitrogen and oxygen atoms in total. The minimum Gasteiger partial charge on any atom is -0.335 e.